The third kappa shape index (κ3) is 1.92. The summed E-state index contributed by atoms with van der Waals surface area (Å²) >= 11 is 5.70. The standard InChI is InChI=1S/C13H8ClF2N3/c14-9-5-11-12(6-10(9)16)19(13(17)18-11)8-3-1-2-7(15)4-8/h1-6H,(H2,17,18). The van der Waals surface area contributed by atoms with Crippen LogP contribution in [0.25, 0.3) is 16.7 Å². The van der Waals surface area contributed by atoms with Crippen LogP contribution in [-0.4, -0.2) is 9.55 Å². The van der Waals surface area contributed by atoms with Crippen molar-refractivity contribution in [1.29, 1.82) is 0 Å². The maximum Gasteiger partial charge on any atom is 0.205 e. The van der Waals surface area contributed by atoms with Gasteiger partial charge < -0.3 is 5.73 Å². The molecule has 0 spiro atoms. The molecular weight excluding hydrogens is 272 g/mol. The number of anilines is 1. The molecule has 0 fully saturated rings. The molecule has 3 nitrogen and oxygen atoms in total. The Morgan fingerprint density at radius 1 is 1.16 bits per heavy atom. The predicted molar refractivity (Wildman–Crippen MR) is 70.4 cm³/mol. The fourth-order valence-corrected chi connectivity index (χ4v) is 2.14. The largest absolute Gasteiger partial charge is 0.369 e. The van der Waals surface area contributed by atoms with E-state index in [1.807, 2.05) is 0 Å². The van der Waals surface area contributed by atoms with Gasteiger partial charge in [0.1, 0.15) is 11.6 Å². The first-order chi connectivity index (χ1) is 9.06. The first-order valence-electron chi connectivity index (χ1n) is 5.45. The van der Waals surface area contributed by atoms with E-state index in [4.69, 9.17) is 17.3 Å². The summed E-state index contributed by atoms with van der Waals surface area (Å²) in [5.74, 6) is -0.845. The normalized spacial score (nSPS) is 11.1. The number of benzene rings is 2. The van der Waals surface area contributed by atoms with Gasteiger partial charge in [-0.05, 0) is 24.3 Å². The minimum Gasteiger partial charge on any atom is -0.369 e. The molecular formula is C13H8ClF2N3. The smallest absolute Gasteiger partial charge is 0.205 e. The highest BCUT2D eigenvalue weighted by Crippen LogP contribution is 2.27. The van der Waals surface area contributed by atoms with Crippen LogP contribution in [0.1, 0.15) is 0 Å². The average molecular weight is 280 g/mol. The molecule has 6 heteroatoms. The van der Waals surface area contributed by atoms with Gasteiger partial charge in [0.05, 0.1) is 21.7 Å². The van der Waals surface area contributed by atoms with Crippen LogP contribution in [-0.2, 0) is 0 Å². The van der Waals surface area contributed by atoms with E-state index in [1.165, 1.54) is 28.8 Å². The molecule has 3 aromatic rings. The van der Waals surface area contributed by atoms with Gasteiger partial charge in [-0.3, -0.25) is 4.57 Å². The van der Waals surface area contributed by atoms with Crippen LogP contribution in [0, 0.1) is 11.6 Å². The Morgan fingerprint density at radius 3 is 2.68 bits per heavy atom. The van der Waals surface area contributed by atoms with Crippen LogP contribution in [0.3, 0.4) is 0 Å². The number of rotatable bonds is 1. The molecule has 0 unspecified atom stereocenters. The van der Waals surface area contributed by atoms with Gasteiger partial charge in [0, 0.05) is 6.07 Å². The summed E-state index contributed by atoms with van der Waals surface area (Å²) in [6.07, 6.45) is 0. The van der Waals surface area contributed by atoms with Gasteiger partial charge in [0.15, 0.2) is 0 Å². The predicted octanol–water partition coefficient (Wildman–Crippen LogP) is 3.54. The Morgan fingerprint density at radius 2 is 1.95 bits per heavy atom. The summed E-state index contributed by atoms with van der Waals surface area (Å²) in [5, 5.41) is -0.0311. The van der Waals surface area contributed by atoms with Crippen molar-refractivity contribution in [3.05, 3.63) is 53.1 Å². The van der Waals surface area contributed by atoms with E-state index in [9.17, 15) is 8.78 Å². The minimum absolute atomic E-state index is 0.0311. The Balaban J connectivity index is 2.34. The zero-order chi connectivity index (χ0) is 13.6. The molecule has 2 N–H and O–H groups in total. The van der Waals surface area contributed by atoms with Crippen LogP contribution < -0.4 is 5.73 Å². The van der Waals surface area contributed by atoms with Gasteiger partial charge in [0.2, 0.25) is 5.95 Å². The summed E-state index contributed by atoms with van der Waals surface area (Å²) in [6, 6.07) is 8.43. The van der Waals surface area contributed by atoms with Crippen molar-refractivity contribution in [1.82, 2.24) is 9.55 Å². The zero-order valence-corrected chi connectivity index (χ0v) is 10.3. The van der Waals surface area contributed by atoms with Crippen molar-refractivity contribution in [3.63, 3.8) is 0 Å². The van der Waals surface area contributed by atoms with Crippen molar-refractivity contribution in [3.8, 4) is 5.69 Å². The lowest BCUT2D eigenvalue weighted by Gasteiger charge is -2.06. The Labute approximate surface area is 112 Å². The van der Waals surface area contributed by atoms with E-state index in [-0.39, 0.29) is 11.0 Å². The molecule has 0 aliphatic rings. The van der Waals surface area contributed by atoms with Crippen LogP contribution in [0.5, 0.6) is 0 Å². The molecule has 0 radical (unpaired) electrons. The van der Waals surface area contributed by atoms with Crippen LogP contribution >= 0.6 is 11.6 Å². The second-order valence-corrected chi connectivity index (χ2v) is 4.45. The minimum atomic E-state index is -0.577. The number of nitrogen functional groups attached to an aromatic ring is 1. The average Bonchev–Trinajstić information content (AvgIpc) is 2.65. The van der Waals surface area contributed by atoms with Crippen molar-refractivity contribution in [2.75, 3.05) is 5.73 Å². The number of nitrogens with two attached hydrogens (primary N) is 1. The van der Waals surface area contributed by atoms with E-state index in [2.05, 4.69) is 4.98 Å². The molecule has 0 aliphatic carbocycles. The molecule has 2 aromatic carbocycles. The number of hydrogen-bond donors (Lipinski definition) is 1. The molecule has 0 saturated heterocycles. The summed E-state index contributed by atoms with van der Waals surface area (Å²) < 4.78 is 28.3. The lowest BCUT2D eigenvalue weighted by atomic mass is 10.2. The van der Waals surface area contributed by atoms with Crippen LogP contribution in [0.4, 0.5) is 14.7 Å². The second kappa shape index (κ2) is 4.20. The molecule has 0 amide bonds. The highest BCUT2D eigenvalue weighted by molar-refractivity contribution is 6.31. The maximum atomic E-state index is 13.5. The van der Waals surface area contributed by atoms with E-state index < -0.39 is 11.6 Å². The van der Waals surface area contributed by atoms with Gasteiger partial charge in [-0.1, -0.05) is 17.7 Å². The number of imidazole rings is 1. The molecule has 1 heterocycles. The van der Waals surface area contributed by atoms with Gasteiger partial charge >= 0.3 is 0 Å². The summed E-state index contributed by atoms with van der Waals surface area (Å²) in [6.45, 7) is 0. The quantitative estimate of drug-likeness (QED) is 0.740. The Hall–Kier alpha value is -2.14. The Kier molecular flexibility index (Phi) is 2.64. The van der Waals surface area contributed by atoms with E-state index >= 15 is 0 Å². The van der Waals surface area contributed by atoms with Crippen molar-refractivity contribution >= 4 is 28.6 Å². The van der Waals surface area contributed by atoms with Gasteiger partial charge in [-0.25, -0.2) is 13.8 Å². The molecule has 0 aliphatic heterocycles. The van der Waals surface area contributed by atoms with Crippen molar-refractivity contribution in [2.24, 2.45) is 0 Å². The number of fused-ring (bicyclic) bond motifs is 1. The molecule has 0 atom stereocenters. The summed E-state index contributed by atoms with van der Waals surface area (Å²) in [4.78, 5) is 4.09. The van der Waals surface area contributed by atoms with Gasteiger partial charge in [0.25, 0.3) is 0 Å². The number of aromatic nitrogens is 2. The summed E-state index contributed by atoms with van der Waals surface area (Å²) in [5.41, 5.74) is 7.16. The van der Waals surface area contributed by atoms with E-state index in [1.54, 1.807) is 12.1 Å². The lowest BCUT2D eigenvalue weighted by Crippen LogP contribution is -2.00. The fourth-order valence-electron chi connectivity index (χ4n) is 1.98. The van der Waals surface area contributed by atoms with E-state index in [0.29, 0.717) is 16.7 Å². The lowest BCUT2D eigenvalue weighted by molar-refractivity contribution is 0.626. The fraction of sp³-hybridized carbons (Fsp3) is 0. The highest BCUT2D eigenvalue weighted by atomic mass is 35.5. The second-order valence-electron chi connectivity index (χ2n) is 4.04. The number of halogens is 3. The van der Waals surface area contributed by atoms with Gasteiger partial charge in [-0.2, -0.15) is 0 Å². The van der Waals surface area contributed by atoms with Crippen molar-refractivity contribution < 1.29 is 8.78 Å². The third-order valence-corrected chi connectivity index (χ3v) is 3.08. The summed E-state index contributed by atoms with van der Waals surface area (Å²) in [7, 11) is 0. The zero-order valence-electron chi connectivity index (χ0n) is 9.57. The SMILES string of the molecule is Nc1nc2cc(Cl)c(F)cc2n1-c1cccc(F)c1. The van der Waals surface area contributed by atoms with E-state index in [0.717, 1.165) is 0 Å². The molecule has 3 rings (SSSR count). The first-order valence-corrected chi connectivity index (χ1v) is 5.83. The first kappa shape index (κ1) is 11.9. The third-order valence-electron chi connectivity index (χ3n) is 2.79. The molecule has 96 valence electrons. The molecule has 0 saturated carbocycles. The number of hydrogen-bond acceptors (Lipinski definition) is 2. The highest BCUT2D eigenvalue weighted by Gasteiger charge is 2.13. The van der Waals surface area contributed by atoms with Crippen molar-refractivity contribution in [2.45, 2.75) is 0 Å². The maximum absolute atomic E-state index is 13.5. The Bertz CT molecular complexity index is 783. The topological polar surface area (TPSA) is 43.8 Å². The van der Waals surface area contributed by atoms with Crippen LogP contribution in [0.2, 0.25) is 5.02 Å². The van der Waals surface area contributed by atoms with Gasteiger partial charge in [-0.15, -0.1) is 0 Å². The monoisotopic (exact) mass is 279 g/mol. The number of nitrogens with zero attached hydrogens (tertiary/aromatic N) is 2. The molecule has 0 bridgehead atoms. The molecule has 1 aromatic heterocycles. The molecule has 19 heavy (non-hydrogen) atoms. The van der Waals surface area contributed by atoms with Crippen LogP contribution in [0.15, 0.2) is 36.4 Å².